The lowest BCUT2D eigenvalue weighted by molar-refractivity contribution is -0.122. The third-order valence-electron chi connectivity index (χ3n) is 3.91. The normalized spacial score (nSPS) is 20.0. The van der Waals surface area contributed by atoms with Crippen molar-refractivity contribution in [3.63, 3.8) is 0 Å². The van der Waals surface area contributed by atoms with E-state index in [-0.39, 0.29) is 30.0 Å². The van der Waals surface area contributed by atoms with Crippen LogP contribution in [0, 0.1) is 5.92 Å². The Balaban J connectivity index is 1.57. The Morgan fingerprint density at radius 1 is 1.38 bits per heavy atom. The fraction of sp³-hybridized carbons (Fsp3) is 0.312. The lowest BCUT2D eigenvalue weighted by Gasteiger charge is -2.16. The van der Waals surface area contributed by atoms with Gasteiger partial charge in [-0.2, -0.15) is 5.10 Å². The van der Waals surface area contributed by atoms with Gasteiger partial charge < -0.3 is 5.32 Å². The Morgan fingerprint density at radius 3 is 2.71 bits per heavy atom. The summed E-state index contributed by atoms with van der Waals surface area (Å²) < 4.78 is 24.4. The molecule has 8 heteroatoms. The van der Waals surface area contributed by atoms with Crippen LogP contribution in [-0.2, 0) is 14.6 Å². The SMILES string of the molecule is C[C@@H](NC(=O)C[C@H]1C=CS(=O)(=O)C1)c1ccc(-n2cncn2)cc1. The van der Waals surface area contributed by atoms with Crippen molar-refractivity contribution in [1.82, 2.24) is 20.1 Å². The zero-order valence-electron chi connectivity index (χ0n) is 13.2. The van der Waals surface area contributed by atoms with Crippen LogP contribution in [0.4, 0.5) is 0 Å². The quantitative estimate of drug-likeness (QED) is 0.883. The van der Waals surface area contributed by atoms with Gasteiger partial charge in [0.05, 0.1) is 17.5 Å². The zero-order valence-corrected chi connectivity index (χ0v) is 14.0. The standard InChI is InChI=1S/C16H18N4O3S/c1-12(19-16(21)8-13-6-7-24(22,23)9-13)14-2-4-15(5-3-14)20-11-17-10-18-20/h2-7,10-13H,8-9H2,1H3,(H,19,21)/t12-,13-/m1/s1. The minimum atomic E-state index is -3.12. The topological polar surface area (TPSA) is 94.0 Å². The second kappa shape index (κ2) is 6.56. The van der Waals surface area contributed by atoms with Crippen molar-refractivity contribution < 1.29 is 13.2 Å². The van der Waals surface area contributed by atoms with E-state index >= 15 is 0 Å². The fourth-order valence-electron chi connectivity index (χ4n) is 2.65. The number of carbonyl (C=O) groups is 1. The highest BCUT2D eigenvalue weighted by atomic mass is 32.2. The van der Waals surface area contributed by atoms with Gasteiger partial charge in [-0.3, -0.25) is 4.79 Å². The van der Waals surface area contributed by atoms with E-state index in [1.807, 2.05) is 31.2 Å². The molecule has 3 rings (SSSR count). The van der Waals surface area contributed by atoms with Gasteiger partial charge in [-0.05, 0) is 24.6 Å². The average molecular weight is 346 g/mol. The third-order valence-corrected chi connectivity index (χ3v) is 5.37. The summed E-state index contributed by atoms with van der Waals surface area (Å²) in [6.45, 7) is 1.89. The summed E-state index contributed by atoms with van der Waals surface area (Å²) in [5.41, 5.74) is 1.85. The molecular formula is C16H18N4O3S. The van der Waals surface area contributed by atoms with Gasteiger partial charge in [0.2, 0.25) is 5.91 Å². The number of carbonyl (C=O) groups excluding carboxylic acids is 1. The molecule has 2 heterocycles. The molecule has 7 nitrogen and oxygen atoms in total. The lowest BCUT2D eigenvalue weighted by atomic mass is 10.1. The number of sulfone groups is 1. The van der Waals surface area contributed by atoms with Gasteiger partial charge in [-0.15, -0.1) is 0 Å². The highest BCUT2D eigenvalue weighted by molar-refractivity contribution is 7.94. The van der Waals surface area contributed by atoms with E-state index in [2.05, 4.69) is 15.4 Å². The summed E-state index contributed by atoms with van der Waals surface area (Å²) >= 11 is 0. The molecule has 0 saturated carbocycles. The largest absolute Gasteiger partial charge is 0.350 e. The predicted octanol–water partition coefficient (Wildman–Crippen LogP) is 1.39. The molecule has 24 heavy (non-hydrogen) atoms. The lowest BCUT2D eigenvalue weighted by Crippen LogP contribution is -2.28. The second-order valence-corrected chi connectivity index (χ2v) is 7.77. The van der Waals surface area contributed by atoms with Crippen molar-refractivity contribution in [2.24, 2.45) is 5.92 Å². The number of hydrogen-bond acceptors (Lipinski definition) is 5. The van der Waals surface area contributed by atoms with Crippen LogP contribution in [0.25, 0.3) is 5.69 Å². The summed E-state index contributed by atoms with van der Waals surface area (Å²) in [5.74, 6) is -0.381. The Bertz CT molecular complexity index is 842. The van der Waals surface area contributed by atoms with Crippen molar-refractivity contribution in [2.75, 3.05) is 5.75 Å². The van der Waals surface area contributed by atoms with Crippen molar-refractivity contribution in [1.29, 1.82) is 0 Å². The van der Waals surface area contributed by atoms with Crippen molar-refractivity contribution in [3.8, 4) is 5.69 Å². The molecule has 0 bridgehead atoms. The van der Waals surface area contributed by atoms with E-state index in [1.165, 1.54) is 11.7 Å². The second-order valence-electron chi connectivity index (χ2n) is 5.84. The van der Waals surface area contributed by atoms with Gasteiger partial charge >= 0.3 is 0 Å². The number of benzene rings is 1. The van der Waals surface area contributed by atoms with Crippen LogP contribution < -0.4 is 5.32 Å². The van der Waals surface area contributed by atoms with Crippen molar-refractivity contribution >= 4 is 15.7 Å². The van der Waals surface area contributed by atoms with Gasteiger partial charge in [0.25, 0.3) is 0 Å². The molecule has 0 aliphatic carbocycles. The molecule has 0 saturated heterocycles. The van der Waals surface area contributed by atoms with Gasteiger partial charge in [0.1, 0.15) is 12.7 Å². The maximum atomic E-state index is 12.1. The van der Waals surface area contributed by atoms with Gasteiger partial charge in [-0.25, -0.2) is 18.1 Å². The summed E-state index contributed by atoms with van der Waals surface area (Å²) in [6, 6.07) is 7.48. The van der Waals surface area contributed by atoms with Crippen LogP contribution in [0.3, 0.4) is 0 Å². The molecule has 1 aliphatic heterocycles. The minimum absolute atomic E-state index is 0.0153. The molecule has 2 atom stereocenters. The zero-order chi connectivity index (χ0) is 17.2. The molecular weight excluding hydrogens is 328 g/mol. The fourth-order valence-corrected chi connectivity index (χ4v) is 4.04. The first-order valence-corrected chi connectivity index (χ1v) is 9.30. The Hall–Kier alpha value is -2.48. The highest BCUT2D eigenvalue weighted by Gasteiger charge is 2.24. The first-order valence-electron chi connectivity index (χ1n) is 7.58. The average Bonchev–Trinajstić information content (AvgIpc) is 3.17. The molecule has 1 aromatic heterocycles. The minimum Gasteiger partial charge on any atom is -0.350 e. The summed E-state index contributed by atoms with van der Waals surface area (Å²) in [4.78, 5) is 16.0. The Kier molecular flexibility index (Phi) is 4.48. The molecule has 0 fully saturated rings. The van der Waals surface area contributed by atoms with Crippen LogP contribution in [-0.4, -0.2) is 34.8 Å². The molecule has 1 N–H and O–H groups in total. The number of amides is 1. The first-order chi connectivity index (χ1) is 11.4. The predicted molar refractivity (Wildman–Crippen MR) is 89.0 cm³/mol. The first kappa shape index (κ1) is 16.4. The molecule has 0 unspecified atom stereocenters. The number of nitrogens with one attached hydrogen (secondary N) is 1. The highest BCUT2D eigenvalue weighted by Crippen LogP contribution is 2.20. The van der Waals surface area contributed by atoms with Gasteiger partial charge in [-0.1, -0.05) is 18.2 Å². The summed E-state index contributed by atoms with van der Waals surface area (Å²) in [5, 5.41) is 8.15. The Morgan fingerprint density at radius 2 is 2.12 bits per heavy atom. The molecule has 0 spiro atoms. The number of nitrogens with zero attached hydrogens (tertiary/aromatic N) is 3. The van der Waals surface area contributed by atoms with Crippen LogP contribution in [0.1, 0.15) is 24.9 Å². The molecule has 126 valence electrons. The number of rotatable bonds is 5. The Labute approximate surface area is 140 Å². The van der Waals surface area contributed by atoms with E-state index in [1.54, 1.807) is 17.1 Å². The van der Waals surface area contributed by atoms with Gasteiger partial charge in [0, 0.05) is 17.7 Å². The summed E-state index contributed by atoms with van der Waals surface area (Å²) in [7, 11) is -3.12. The van der Waals surface area contributed by atoms with Crippen LogP contribution >= 0.6 is 0 Å². The van der Waals surface area contributed by atoms with Crippen LogP contribution in [0.15, 0.2) is 48.4 Å². The van der Waals surface area contributed by atoms with E-state index in [4.69, 9.17) is 0 Å². The third kappa shape index (κ3) is 3.88. The van der Waals surface area contributed by atoms with E-state index < -0.39 is 9.84 Å². The van der Waals surface area contributed by atoms with E-state index in [0.29, 0.717) is 0 Å². The molecule has 1 aromatic carbocycles. The van der Waals surface area contributed by atoms with E-state index in [9.17, 15) is 13.2 Å². The number of allylic oxidation sites excluding steroid dienone is 1. The van der Waals surface area contributed by atoms with Gasteiger partial charge in [0.15, 0.2) is 9.84 Å². The van der Waals surface area contributed by atoms with E-state index in [0.717, 1.165) is 11.3 Å². The van der Waals surface area contributed by atoms with Crippen LogP contribution in [0.2, 0.25) is 0 Å². The number of aromatic nitrogens is 3. The summed E-state index contributed by atoms with van der Waals surface area (Å²) in [6.07, 6.45) is 4.85. The maximum Gasteiger partial charge on any atom is 0.221 e. The molecule has 1 amide bonds. The van der Waals surface area contributed by atoms with Crippen molar-refractivity contribution in [3.05, 3.63) is 54.0 Å². The maximum absolute atomic E-state index is 12.1. The molecule has 2 aromatic rings. The van der Waals surface area contributed by atoms with Crippen LogP contribution in [0.5, 0.6) is 0 Å². The monoisotopic (exact) mass is 346 g/mol. The molecule has 0 radical (unpaired) electrons. The smallest absolute Gasteiger partial charge is 0.221 e. The number of hydrogen-bond donors (Lipinski definition) is 1. The van der Waals surface area contributed by atoms with Crippen molar-refractivity contribution in [2.45, 2.75) is 19.4 Å². The molecule has 1 aliphatic rings.